The molecule has 0 saturated heterocycles. The van der Waals surface area contributed by atoms with Crippen LogP contribution in [0.5, 0.6) is 0 Å². The first-order valence-electron chi connectivity index (χ1n) is 14.8. The molecule has 2 heterocycles. The Morgan fingerprint density at radius 1 is 0.886 bits per heavy atom. The van der Waals surface area contributed by atoms with Crippen molar-refractivity contribution in [3.05, 3.63) is 81.9 Å². The molecule has 1 aliphatic carbocycles. The minimum atomic E-state index is -3.98. The van der Waals surface area contributed by atoms with Crippen LogP contribution in [0.4, 0.5) is 5.69 Å². The largest absolute Gasteiger partial charge is 0.335 e. The van der Waals surface area contributed by atoms with E-state index in [1.54, 1.807) is 23.1 Å². The molecule has 0 unspecified atom stereocenters. The van der Waals surface area contributed by atoms with Crippen LogP contribution < -0.4 is 9.47 Å². The van der Waals surface area contributed by atoms with Crippen molar-refractivity contribution < 1.29 is 30.5 Å². The Labute approximate surface area is 268 Å². The number of rotatable bonds is 12. The summed E-state index contributed by atoms with van der Waals surface area (Å²) in [5.41, 5.74) is 4.73. The smallest absolute Gasteiger partial charge is 0.264 e. The Kier molecular flexibility index (Phi) is 10.1. The number of thiazole rings is 1. The van der Waals surface area contributed by atoms with Gasteiger partial charge in [0.15, 0.2) is 6.54 Å². The SMILES string of the molecule is CC1(C)CC(C=C2Sc3ccccc3N2CCCCS(=O)(=O)O)=CC(=Cc2sc3ccccc3[n+]2CCCCS(=O)(=O)O)C1. The normalized spacial score (nSPS) is 18.7. The van der Waals surface area contributed by atoms with E-state index in [-0.39, 0.29) is 16.9 Å². The lowest BCUT2D eigenvalue weighted by molar-refractivity contribution is -0.669. The van der Waals surface area contributed by atoms with Crippen LogP contribution in [-0.4, -0.2) is 44.0 Å². The number of aromatic nitrogens is 1. The lowest BCUT2D eigenvalue weighted by Gasteiger charge is -2.31. The van der Waals surface area contributed by atoms with E-state index in [4.69, 9.17) is 9.11 Å². The lowest BCUT2D eigenvalue weighted by Crippen LogP contribution is -2.35. The molecule has 2 aliphatic rings. The number of benzene rings is 2. The quantitative estimate of drug-likeness (QED) is 0.119. The van der Waals surface area contributed by atoms with Gasteiger partial charge in [-0.15, -0.1) is 0 Å². The molecule has 12 heteroatoms. The average Bonchev–Trinajstić information content (AvgIpc) is 3.44. The molecule has 0 amide bonds. The molecule has 8 nitrogen and oxygen atoms in total. The van der Waals surface area contributed by atoms with Gasteiger partial charge in [-0.3, -0.25) is 9.11 Å². The summed E-state index contributed by atoms with van der Waals surface area (Å²) in [7, 11) is -7.95. The maximum atomic E-state index is 11.2. The van der Waals surface area contributed by atoms with Crippen molar-refractivity contribution in [2.24, 2.45) is 5.41 Å². The van der Waals surface area contributed by atoms with Crippen molar-refractivity contribution in [2.75, 3.05) is 23.0 Å². The predicted octanol–water partition coefficient (Wildman–Crippen LogP) is 7.11. The number of thioether (sulfide) groups is 1. The molecule has 1 aromatic heterocycles. The highest BCUT2D eigenvalue weighted by Crippen LogP contribution is 2.48. The molecule has 44 heavy (non-hydrogen) atoms. The van der Waals surface area contributed by atoms with E-state index >= 15 is 0 Å². The van der Waals surface area contributed by atoms with Gasteiger partial charge in [-0.1, -0.05) is 67.3 Å². The predicted molar refractivity (Wildman–Crippen MR) is 180 cm³/mol. The van der Waals surface area contributed by atoms with E-state index in [1.165, 1.54) is 20.7 Å². The maximum Gasteiger partial charge on any atom is 0.264 e. The molecule has 0 fully saturated rings. The van der Waals surface area contributed by atoms with Gasteiger partial charge in [0.05, 0.1) is 22.2 Å². The molecule has 1 aliphatic heterocycles. The van der Waals surface area contributed by atoms with Crippen molar-refractivity contribution in [1.29, 1.82) is 0 Å². The molecule has 3 aromatic rings. The molecular weight excluding hydrogens is 637 g/mol. The van der Waals surface area contributed by atoms with E-state index in [1.807, 2.05) is 24.3 Å². The fourth-order valence-electron chi connectivity index (χ4n) is 5.90. The summed E-state index contributed by atoms with van der Waals surface area (Å²) in [6.07, 6.45) is 10.7. The molecule has 5 rings (SSSR count). The van der Waals surface area contributed by atoms with Gasteiger partial charge in [0.2, 0.25) is 5.52 Å². The van der Waals surface area contributed by atoms with E-state index < -0.39 is 20.2 Å². The fourth-order valence-corrected chi connectivity index (χ4v) is 9.37. The van der Waals surface area contributed by atoms with Crippen LogP contribution in [0.1, 0.15) is 57.4 Å². The molecule has 0 bridgehead atoms. The minimum Gasteiger partial charge on any atom is -0.335 e. The van der Waals surface area contributed by atoms with Crippen LogP contribution in [0, 0.1) is 5.41 Å². The number of aryl methyl sites for hydroxylation is 1. The van der Waals surface area contributed by atoms with Crippen molar-refractivity contribution in [2.45, 2.75) is 63.8 Å². The Hall–Kier alpha value is -2.48. The van der Waals surface area contributed by atoms with Gasteiger partial charge in [0.1, 0.15) is 4.70 Å². The zero-order valence-corrected chi connectivity index (χ0v) is 28.2. The second kappa shape index (κ2) is 13.5. The van der Waals surface area contributed by atoms with E-state index in [0.717, 1.165) is 34.1 Å². The van der Waals surface area contributed by atoms with E-state index in [0.29, 0.717) is 38.8 Å². The number of hydrogen-bond donors (Lipinski definition) is 2. The number of nitrogens with zero attached hydrogens (tertiary/aromatic N) is 2. The zero-order chi connectivity index (χ0) is 31.5. The molecule has 0 radical (unpaired) electrons. The third-order valence-corrected chi connectivity index (χ3v) is 11.5. The number of anilines is 1. The summed E-state index contributed by atoms with van der Waals surface area (Å²) in [6.45, 7) is 5.88. The van der Waals surface area contributed by atoms with Gasteiger partial charge in [0, 0.05) is 30.0 Å². The maximum absolute atomic E-state index is 11.2. The number of para-hydroxylation sites is 2. The summed E-state index contributed by atoms with van der Waals surface area (Å²) in [5, 5.41) is 2.22. The standard InChI is InChI=1S/C32H38N2O6S4/c1-32(2)22-24(20-30-33(15-7-9-17-43(35,36)37)26-11-3-5-13-28(26)41-30)19-25(23-32)21-31-34(16-8-10-18-44(38,39)40)27-12-4-6-14-29(27)42-31/h3-6,11-14,19-21H,7-10,15-18,22-23H2,1-2H3,(H-,35,36,37,38,39,40)/p+1. The minimum absolute atomic E-state index is 0.0421. The van der Waals surface area contributed by atoms with E-state index in [2.05, 4.69) is 65.8 Å². The Morgan fingerprint density at radius 3 is 2.32 bits per heavy atom. The summed E-state index contributed by atoms with van der Waals surface area (Å²) < 4.78 is 66.7. The second-order valence-electron chi connectivity index (χ2n) is 12.2. The lowest BCUT2D eigenvalue weighted by atomic mass is 9.75. The van der Waals surface area contributed by atoms with E-state index in [9.17, 15) is 16.8 Å². The number of hydrogen-bond acceptors (Lipinski definition) is 7. The topological polar surface area (TPSA) is 116 Å². The Morgan fingerprint density at radius 2 is 1.57 bits per heavy atom. The first-order valence-corrected chi connectivity index (χ1v) is 19.6. The number of allylic oxidation sites excluding steroid dienone is 4. The molecular formula is C32H39N2O6S4+. The third kappa shape index (κ3) is 8.82. The summed E-state index contributed by atoms with van der Waals surface area (Å²) >= 11 is 3.44. The summed E-state index contributed by atoms with van der Waals surface area (Å²) in [4.78, 5) is 3.42. The van der Waals surface area contributed by atoms with Crippen LogP contribution >= 0.6 is 23.1 Å². The van der Waals surface area contributed by atoms with Crippen molar-refractivity contribution in [3.8, 4) is 0 Å². The average molecular weight is 676 g/mol. The van der Waals surface area contributed by atoms with Gasteiger partial charge in [-0.25, -0.2) is 0 Å². The monoisotopic (exact) mass is 675 g/mol. The molecule has 2 aromatic carbocycles. The highest BCUT2D eigenvalue weighted by atomic mass is 32.2. The van der Waals surface area contributed by atoms with Crippen LogP contribution in [0.3, 0.4) is 0 Å². The molecule has 2 N–H and O–H groups in total. The molecule has 0 spiro atoms. The van der Waals surface area contributed by atoms with Crippen molar-refractivity contribution in [1.82, 2.24) is 0 Å². The fraction of sp³-hybridized carbons (Fsp3) is 0.406. The van der Waals surface area contributed by atoms with Crippen molar-refractivity contribution >= 4 is 65.3 Å². The van der Waals surface area contributed by atoms with Gasteiger partial charge in [-0.2, -0.15) is 21.4 Å². The van der Waals surface area contributed by atoms with Crippen LogP contribution in [0.25, 0.3) is 16.3 Å². The first kappa shape index (κ1) is 32.9. The number of unbranched alkanes of at least 4 members (excludes halogenated alkanes) is 2. The first-order chi connectivity index (χ1) is 20.8. The summed E-state index contributed by atoms with van der Waals surface area (Å²) in [6, 6.07) is 16.5. The Balaban J connectivity index is 1.43. The molecule has 0 saturated carbocycles. The van der Waals surface area contributed by atoms with Crippen LogP contribution in [0.2, 0.25) is 0 Å². The second-order valence-corrected chi connectivity index (χ2v) is 17.5. The van der Waals surface area contributed by atoms with Crippen LogP contribution in [0.15, 0.2) is 81.8 Å². The highest BCUT2D eigenvalue weighted by Gasteiger charge is 2.29. The highest BCUT2D eigenvalue weighted by molar-refractivity contribution is 8.03. The van der Waals surface area contributed by atoms with Crippen LogP contribution in [-0.2, 0) is 26.8 Å². The third-order valence-electron chi connectivity index (χ3n) is 7.70. The molecule has 0 atom stereocenters. The van der Waals surface area contributed by atoms with Crippen molar-refractivity contribution in [3.63, 3.8) is 0 Å². The zero-order valence-electron chi connectivity index (χ0n) is 25.0. The van der Waals surface area contributed by atoms with Gasteiger partial charge in [-0.05, 0) is 72.9 Å². The van der Waals surface area contributed by atoms with Gasteiger partial charge >= 0.3 is 0 Å². The molecule has 236 valence electrons. The van der Waals surface area contributed by atoms with Gasteiger partial charge in [0.25, 0.3) is 25.2 Å². The van der Waals surface area contributed by atoms with Gasteiger partial charge < -0.3 is 4.90 Å². The summed E-state index contributed by atoms with van der Waals surface area (Å²) in [5.74, 6) is -0.471. The Bertz CT molecular complexity index is 1840. The number of fused-ring (bicyclic) bond motifs is 2.